The fourth-order valence-corrected chi connectivity index (χ4v) is 3.70. The summed E-state index contributed by atoms with van der Waals surface area (Å²) in [4.78, 5) is 24.5. The maximum Gasteiger partial charge on any atom is 0.354 e. The first-order valence-corrected chi connectivity index (χ1v) is 9.04. The van der Waals surface area contributed by atoms with Crippen LogP contribution in [0, 0.1) is 0 Å². The quantitative estimate of drug-likeness (QED) is 0.809. The van der Waals surface area contributed by atoms with Crippen LogP contribution in [0.2, 0.25) is 0 Å². The Labute approximate surface area is 156 Å². The molecule has 0 radical (unpaired) electrons. The van der Waals surface area contributed by atoms with E-state index in [0.717, 1.165) is 19.3 Å². The number of hydrogen-bond donors (Lipinski definition) is 1. The lowest BCUT2D eigenvalue weighted by Gasteiger charge is -2.20. The lowest BCUT2D eigenvalue weighted by Crippen LogP contribution is -2.39. The zero-order chi connectivity index (χ0) is 18.8. The number of anilines is 1. The molecule has 3 atom stereocenters. The van der Waals surface area contributed by atoms with E-state index in [4.69, 9.17) is 10.5 Å². The lowest BCUT2D eigenvalue weighted by molar-refractivity contribution is -0.142. The number of benzene rings is 1. The highest BCUT2D eigenvalue weighted by Gasteiger charge is 2.38. The molecule has 2 heterocycles. The van der Waals surface area contributed by atoms with Crippen LogP contribution >= 0.6 is 0 Å². The molecule has 1 fully saturated rings. The van der Waals surface area contributed by atoms with Gasteiger partial charge in [-0.25, -0.2) is 4.79 Å². The summed E-state index contributed by atoms with van der Waals surface area (Å²) < 4.78 is 7.57. The van der Waals surface area contributed by atoms with Gasteiger partial charge >= 0.3 is 5.97 Å². The van der Waals surface area contributed by atoms with Crippen LogP contribution in [-0.4, -0.2) is 39.5 Å². The Kier molecular flexibility index (Phi) is 4.62. The van der Waals surface area contributed by atoms with E-state index in [2.05, 4.69) is 10.2 Å². The third-order valence-electron chi connectivity index (χ3n) is 5.04. The Morgan fingerprint density at radius 2 is 1.96 bits per heavy atom. The van der Waals surface area contributed by atoms with Crippen molar-refractivity contribution < 1.29 is 14.3 Å². The number of carbonyl (C=O) groups is 2. The summed E-state index contributed by atoms with van der Waals surface area (Å²) in [6.45, 7) is 0. The molecule has 140 valence electrons. The monoisotopic (exact) mass is 367 g/mol. The Hall–Kier alpha value is -3.16. The van der Waals surface area contributed by atoms with E-state index < -0.39 is 17.9 Å². The normalized spacial score (nSPS) is 24.7. The number of esters is 1. The summed E-state index contributed by atoms with van der Waals surface area (Å²) in [5.74, 6) is -1.02. The number of carbonyl (C=O) groups excluding carboxylic acids is 2. The second kappa shape index (κ2) is 7.22. The minimum absolute atomic E-state index is 0.0307. The molecule has 1 aromatic carbocycles. The number of amides is 1. The van der Waals surface area contributed by atoms with Crippen LogP contribution in [0.5, 0.6) is 0 Å². The average molecular weight is 367 g/mol. The zero-order valence-electron chi connectivity index (χ0n) is 14.8. The molecule has 2 aromatic rings. The van der Waals surface area contributed by atoms with Crippen LogP contribution in [0.3, 0.4) is 0 Å². The summed E-state index contributed by atoms with van der Waals surface area (Å²) >= 11 is 0. The molecule has 1 saturated carbocycles. The van der Waals surface area contributed by atoms with E-state index in [9.17, 15) is 9.59 Å². The molecular formula is C19H21N5O3. The van der Waals surface area contributed by atoms with Gasteiger partial charge in [-0.15, -0.1) is 0 Å². The van der Waals surface area contributed by atoms with Crippen molar-refractivity contribution in [1.29, 1.82) is 0 Å². The lowest BCUT2D eigenvalue weighted by atomic mass is 10.1. The van der Waals surface area contributed by atoms with E-state index in [1.165, 1.54) is 5.01 Å². The van der Waals surface area contributed by atoms with Crippen LogP contribution in [0.25, 0.3) is 0 Å². The highest BCUT2D eigenvalue weighted by molar-refractivity contribution is 6.38. The second-order valence-electron chi connectivity index (χ2n) is 6.78. The van der Waals surface area contributed by atoms with Crippen LogP contribution in [-0.2, 0) is 14.3 Å². The maximum absolute atomic E-state index is 12.7. The van der Waals surface area contributed by atoms with Crippen molar-refractivity contribution in [1.82, 2.24) is 9.78 Å². The first-order chi connectivity index (χ1) is 13.1. The van der Waals surface area contributed by atoms with Gasteiger partial charge in [0, 0.05) is 18.8 Å². The zero-order valence-corrected chi connectivity index (χ0v) is 14.8. The topological polar surface area (TPSA) is 103 Å². The fourth-order valence-electron chi connectivity index (χ4n) is 3.70. The molecule has 0 saturated heterocycles. The third-order valence-corrected chi connectivity index (χ3v) is 5.04. The predicted octanol–water partition coefficient (Wildman–Crippen LogP) is 1.64. The van der Waals surface area contributed by atoms with Crippen molar-refractivity contribution in [3.05, 3.63) is 48.8 Å². The molecule has 8 heteroatoms. The summed E-state index contributed by atoms with van der Waals surface area (Å²) in [5.41, 5.74) is 6.44. The van der Waals surface area contributed by atoms with E-state index >= 15 is 0 Å². The summed E-state index contributed by atoms with van der Waals surface area (Å²) in [5, 5.41) is 10.1. The number of hydrogen-bond acceptors (Lipinski definition) is 6. The summed E-state index contributed by atoms with van der Waals surface area (Å²) in [6, 6.07) is 10.4. The Bertz CT molecular complexity index is 849. The highest BCUT2D eigenvalue weighted by Crippen LogP contribution is 2.33. The number of primary amides is 1. The number of rotatable bonds is 5. The molecule has 2 N–H and O–H groups in total. The number of hydrazone groups is 1. The Balaban J connectivity index is 1.50. The third kappa shape index (κ3) is 3.42. The molecule has 0 spiro atoms. The van der Waals surface area contributed by atoms with Gasteiger partial charge in [-0.05, 0) is 37.5 Å². The number of aromatic nitrogens is 2. The number of nitrogens with zero attached hydrogens (tertiary/aromatic N) is 4. The molecule has 1 aliphatic carbocycles. The van der Waals surface area contributed by atoms with Gasteiger partial charge in [0.1, 0.15) is 17.9 Å². The highest BCUT2D eigenvalue weighted by atomic mass is 16.5. The Morgan fingerprint density at radius 1 is 1.15 bits per heavy atom. The van der Waals surface area contributed by atoms with E-state index in [0.29, 0.717) is 5.69 Å². The van der Waals surface area contributed by atoms with Gasteiger partial charge in [0.15, 0.2) is 0 Å². The molecule has 1 aliphatic heterocycles. The largest absolute Gasteiger partial charge is 0.456 e. The SMILES string of the molecule is NC(=O)C1CC(C(=O)O[C@@H]2CCC[C@H]2n2cccn2)=NN1c1ccccc1. The maximum atomic E-state index is 12.7. The van der Waals surface area contributed by atoms with Crippen molar-refractivity contribution in [2.45, 2.75) is 43.9 Å². The standard InChI is InChI=1S/C19H21N5O3/c20-18(25)16-12-14(22-24(16)13-6-2-1-3-7-13)19(26)27-17-9-4-8-15(17)23-11-5-10-21-23/h1-3,5-7,10-11,15-17H,4,8-9,12H2,(H2,20,25)/t15-,16?,17-/m1/s1. The molecule has 27 heavy (non-hydrogen) atoms. The van der Waals surface area contributed by atoms with Crippen molar-refractivity contribution in [3.8, 4) is 0 Å². The van der Waals surface area contributed by atoms with Gasteiger partial charge < -0.3 is 10.5 Å². The van der Waals surface area contributed by atoms with E-state index in [1.807, 2.05) is 47.3 Å². The molecule has 1 amide bonds. The predicted molar refractivity (Wildman–Crippen MR) is 99.0 cm³/mol. The first-order valence-electron chi connectivity index (χ1n) is 9.04. The number of para-hydroxylation sites is 1. The minimum atomic E-state index is -0.694. The fraction of sp³-hybridized carbons (Fsp3) is 0.368. The van der Waals surface area contributed by atoms with Gasteiger partial charge in [-0.2, -0.15) is 10.2 Å². The van der Waals surface area contributed by atoms with Crippen molar-refractivity contribution in [2.24, 2.45) is 10.8 Å². The van der Waals surface area contributed by atoms with Crippen molar-refractivity contribution in [3.63, 3.8) is 0 Å². The first kappa shape index (κ1) is 17.3. The molecule has 0 bridgehead atoms. The van der Waals surface area contributed by atoms with E-state index in [-0.39, 0.29) is 24.3 Å². The molecule has 1 unspecified atom stereocenters. The van der Waals surface area contributed by atoms with Gasteiger partial charge in [0.25, 0.3) is 0 Å². The van der Waals surface area contributed by atoms with Gasteiger partial charge in [-0.1, -0.05) is 18.2 Å². The average Bonchev–Trinajstić information content (AvgIpc) is 3.42. The molecule has 2 aliphatic rings. The van der Waals surface area contributed by atoms with Crippen LogP contribution in [0.4, 0.5) is 5.69 Å². The number of nitrogens with two attached hydrogens (primary N) is 1. The number of ether oxygens (including phenoxy) is 1. The van der Waals surface area contributed by atoms with Crippen molar-refractivity contribution >= 4 is 23.3 Å². The Morgan fingerprint density at radius 3 is 2.67 bits per heavy atom. The van der Waals surface area contributed by atoms with Crippen LogP contribution in [0.15, 0.2) is 53.9 Å². The smallest absolute Gasteiger partial charge is 0.354 e. The molecule has 1 aromatic heterocycles. The minimum Gasteiger partial charge on any atom is -0.456 e. The van der Waals surface area contributed by atoms with Crippen LogP contribution < -0.4 is 10.7 Å². The van der Waals surface area contributed by atoms with Gasteiger partial charge in [-0.3, -0.25) is 14.5 Å². The van der Waals surface area contributed by atoms with E-state index in [1.54, 1.807) is 6.20 Å². The second-order valence-corrected chi connectivity index (χ2v) is 6.78. The molecule has 4 rings (SSSR count). The summed E-state index contributed by atoms with van der Waals surface area (Å²) in [6.07, 6.45) is 6.14. The van der Waals surface area contributed by atoms with Crippen molar-refractivity contribution in [2.75, 3.05) is 5.01 Å². The van der Waals surface area contributed by atoms with Crippen LogP contribution in [0.1, 0.15) is 31.7 Å². The van der Waals surface area contributed by atoms with Gasteiger partial charge in [0.05, 0.1) is 11.7 Å². The molecular weight excluding hydrogens is 346 g/mol. The summed E-state index contributed by atoms with van der Waals surface area (Å²) in [7, 11) is 0. The molecule has 8 nitrogen and oxygen atoms in total. The van der Waals surface area contributed by atoms with Gasteiger partial charge in [0.2, 0.25) is 5.91 Å².